The van der Waals surface area contributed by atoms with Gasteiger partial charge in [0, 0.05) is 24.7 Å². The molecule has 4 rings (SSSR count). The van der Waals surface area contributed by atoms with Gasteiger partial charge >= 0.3 is 0 Å². The van der Waals surface area contributed by atoms with Gasteiger partial charge in [-0.25, -0.2) is 9.97 Å². The normalized spacial score (nSPS) is 10.9. The molecule has 0 bridgehead atoms. The first kappa shape index (κ1) is 20.6. The number of nitrogens with zero attached hydrogens (tertiary/aromatic N) is 3. The van der Waals surface area contributed by atoms with Gasteiger partial charge in [0.25, 0.3) is 0 Å². The fourth-order valence-corrected chi connectivity index (χ4v) is 3.58. The summed E-state index contributed by atoms with van der Waals surface area (Å²) in [4.78, 5) is 21.9. The number of ether oxygens (including phenoxy) is 1. The molecule has 0 aliphatic heterocycles. The van der Waals surface area contributed by atoms with E-state index in [2.05, 4.69) is 14.9 Å². The summed E-state index contributed by atoms with van der Waals surface area (Å²) in [6, 6.07) is 17.8. The van der Waals surface area contributed by atoms with Crippen LogP contribution in [0.4, 0.5) is 5.69 Å². The number of benzene rings is 2. The van der Waals surface area contributed by atoms with E-state index in [0.29, 0.717) is 19.4 Å². The molecule has 31 heavy (non-hydrogen) atoms. The average Bonchev–Trinajstić information content (AvgIpc) is 3.13. The summed E-state index contributed by atoms with van der Waals surface area (Å²) in [6.45, 7) is 4.64. The number of carbonyl (C=O) groups excluding carboxylic acids is 1. The Balaban J connectivity index is 1.53. The number of hydrogen-bond acceptors (Lipinski definition) is 4. The van der Waals surface area contributed by atoms with E-state index in [-0.39, 0.29) is 5.91 Å². The zero-order valence-corrected chi connectivity index (χ0v) is 18.1. The Kier molecular flexibility index (Phi) is 5.98. The molecular formula is C25H26N4O2. The van der Waals surface area contributed by atoms with Gasteiger partial charge in [0.2, 0.25) is 5.91 Å². The van der Waals surface area contributed by atoms with Crippen LogP contribution in [-0.4, -0.2) is 27.6 Å². The highest BCUT2D eigenvalue weighted by Crippen LogP contribution is 2.20. The number of amides is 1. The highest BCUT2D eigenvalue weighted by atomic mass is 16.5. The number of methoxy groups -OCH3 is 1. The van der Waals surface area contributed by atoms with Crippen molar-refractivity contribution in [1.29, 1.82) is 0 Å². The van der Waals surface area contributed by atoms with Gasteiger partial charge in [-0.1, -0.05) is 24.3 Å². The van der Waals surface area contributed by atoms with Crippen LogP contribution in [0.3, 0.4) is 0 Å². The minimum Gasteiger partial charge on any atom is -0.497 e. The minimum atomic E-state index is -0.0234. The lowest BCUT2D eigenvalue weighted by Gasteiger charge is -2.11. The van der Waals surface area contributed by atoms with Crippen molar-refractivity contribution in [2.45, 2.75) is 33.2 Å². The predicted octanol–water partition coefficient (Wildman–Crippen LogP) is 4.68. The number of aromatic nitrogens is 3. The first-order chi connectivity index (χ1) is 15.0. The molecule has 0 unspecified atom stereocenters. The zero-order valence-electron chi connectivity index (χ0n) is 18.1. The summed E-state index contributed by atoms with van der Waals surface area (Å²) in [7, 11) is 1.66. The van der Waals surface area contributed by atoms with Crippen LogP contribution in [0.25, 0.3) is 11.2 Å². The van der Waals surface area contributed by atoms with Crippen molar-refractivity contribution in [3.8, 4) is 5.75 Å². The summed E-state index contributed by atoms with van der Waals surface area (Å²) >= 11 is 0. The number of anilines is 1. The van der Waals surface area contributed by atoms with Crippen LogP contribution in [0.5, 0.6) is 5.75 Å². The van der Waals surface area contributed by atoms with Gasteiger partial charge in [-0.15, -0.1) is 0 Å². The van der Waals surface area contributed by atoms with Crippen LogP contribution in [0.2, 0.25) is 0 Å². The van der Waals surface area contributed by atoms with E-state index in [1.54, 1.807) is 13.3 Å². The molecule has 0 atom stereocenters. The van der Waals surface area contributed by atoms with Crippen LogP contribution in [-0.2, 0) is 17.8 Å². The topological polar surface area (TPSA) is 69.0 Å². The minimum absolute atomic E-state index is 0.0234. The van der Waals surface area contributed by atoms with Gasteiger partial charge in [-0.3, -0.25) is 4.79 Å². The molecule has 2 heterocycles. The highest BCUT2D eigenvalue weighted by Gasteiger charge is 2.14. The zero-order chi connectivity index (χ0) is 21.8. The molecule has 6 heteroatoms. The van der Waals surface area contributed by atoms with Crippen molar-refractivity contribution in [2.75, 3.05) is 12.4 Å². The number of pyridine rings is 1. The fourth-order valence-electron chi connectivity index (χ4n) is 3.58. The molecule has 158 valence electrons. The number of nitrogens with one attached hydrogen (secondary N) is 1. The van der Waals surface area contributed by atoms with Crippen molar-refractivity contribution < 1.29 is 9.53 Å². The van der Waals surface area contributed by atoms with E-state index < -0.39 is 0 Å². The molecule has 2 aromatic carbocycles. The summed E-state index contributed by atoms with van der Waals surface area (Å²) in [6.07, 6.45) is 2.65. The number of carbonyl (C=O) groups is 1. The third kappa shape index (κ3) is 4.74. The molecule has 6 nitrogen and oxygen atoms in total. The van der Waals surface area contributed by atoms with Crippen LogP contribution in [0.15, 0.2) is 60.8 Å². The fraction of sp³-hybridized carbons (Fsp3) is 0.240. The summed E-state index contributed by atoms with van der Waals surface area (Å²) in [5.41, 5.74) is 5.80. The number of hydrogen-bond donors (Lipinski definition) is 1. The number of fused-ring (bicyclic) bond motifs is 1. The maximum atomic E-state index is 12.6. The third-order valence-electron chi connectivity index (χ3n) is 5.33. The Hall–Kier alpha value is -3.67. The van der Waals surface area contributed by atoms with Gasteiger partial charge in [0.05, 0.1) is 13.7 Å². The lowest BCUT2D eigenvalue weighted by Crippen LogP contribution is -2.15. The smallest absolute Gasteiger partial charge is 0.224 e. The summed E-state index contributed by atoms with van der Waals surface area (Å²) < 4.78 is 7.34. The number of aryl methyl sites for hydroxylation is 3. The van der Waals surface area contributed by atoms with Crippen molar-refractivity contribution in [3.63, 3.8) is 0 Å². The predicted molar refractivity (Wildman–Crippen MR) is 122 cm³/mol. The first-order valence-corrected chi connectivity index (χ1v) is 10.3. The molecule has 0 spiro atoms. The van der Waals surface area contributed by atoms with Crippen molar-refractivity contribution in [2.24, 2.45) is 0 Å². The highest BCUT2D eigenvalue weighted by molar-refractivity contribution is 5.91. The second-order valence-electron chi connectivity index (χ2n) is 7.67. The molecule has 0 aliphatic rings. The maximum absolute atomic E-state index is 12.6. The Morgan fingerprint density at radius 3 is 2.68 bits per heavy atom. The van der Waals surface area contributed by atoms with Gasteiger partial charge in [-0.05, 0) is 60.9 Å². The SMILES string of the molecule is COc1ccc(Cn2c(CCC(=O)Nc3cc(C)ccc3C)nc3cccnc32)cc1. The molecular weight excluding hydrogens is 388 g/mol. The summed E-state index contributed by atoms with van der Waals surface area (Å²) in [5, 5.41) is 3.03. The van der Waals surface area contributed by atoms with Crippen LogP contribution >= 0.6 is 0 Å². The Morgan fingerprint density at radius 1 is 1.10 bits per heavy atom. The second-order valence-corrected chi connectivity index (χ2v) is 7.67. The van der Waals surface area contributed by atoms with Crippen molar-refractivity contribution in [1.82, 2.24) is 14.5 Å². The second kappa shape index (κ2) is 9.00. The number of imidazole rings is 1. The average molecular weight is 415 g/mol. The van der Waals surface area contributed by atoms with E-state index in [9.17, 15) is 4.79 Å². The van der Waals surface area contributed by atoms with Crippen molar-refractivity contribution in [3.05, 3.63) is 83.3 Å². The van der Waals surface area contributed by atoms with Gasteiger partial charge in [0.15, 0.2) is 5.65 Å². The van der Waals surface area contributed by atoms with Gasteiger partial charge in [0.1, 0.15) is 17.1 Å². The Morgan fingerprint density at radius 2 is 1.90 bits per heavy atom. The molecule has 1 amide bonds. The van der Waals surface area contributed by atoms with Crippen LogP contribution in [0.1, 0.15) is 28.9 Å². The molecule has 0 saturated carbocycles. The standard InChI is InChI=1S/C25H26N4O2/c1-17-6-7-18(2)22(15-17)28-24(30)13-12-23-27-21-5-4-14-26-25(21)29(23)16-19-8-10-20(31-3)11-9-19/h4-11,14-15H,12-13,16H2,1-3H3,(H,28,30). The van der Waals surface area contributed by atoms with Crippen molar-refractivity contribution >= 4 is 22.8 Å². The molecule has 2 aromatic heterocycles. The maximum Gasteiger partial charge on any atom is 0.224 e. The largest absolute Gasteiger partial charge is 0.497 e. The van der Waals surface area contributed by atoms with Crippen LogP contribution < -0.4 is 10.1 Å². The van der Waals surface area contributed by atoms with E-state index in [4.69, 9.17) is 9.72 Å². The van der Waals surface area contributed by atoms with Gasteiger partial charge in [-0.2, -0.15) is 0 Å². The monoisotopic (exact) mass is 414 g/mol. The lowest BCUT2D eigenvalue weighted by atomic mass is 10.1. The first-order valence-electron chi connectivity index (χ1n) is 10.3. The lowest BCUT2D eigenvalue weighted by molar-refractivity contribution is -0.116. The Labute approximate surface area is 181 Å². The molecule has 4 aromatic rings. The molecule has 0 aliphatic carbocycles. The molecule has 0 saturated heterocycles. The van der Waals surface area contributed by atoms with Crippen LogP contribution in [0, 0.1) is 13.8 Å². The molecule has 0 fully saturated rings. The van der Waals surface area contributed by atoms with E-state index in [0.717, 1.165) is 45.1 Å². The third-order valence-corrected chi connectivity index (χ3v) is 5.33. The van der Waals surface area contributed by atoms with E-state index in [1.165, 1.54) is 0 Å². The molecule has 0 radical (unpaired) electrons. The molecule has 1 N–H and O–H groups in total. The quantitative estimate of drug-likeness (QED) is 0.477. The number of rotatable bonds is 7. The Bertz CT molecular complexity index is 1210. The van der Waals surface area contributed by atoms with Gasteiger partial charge < -0.3 is 14.6 Å². The van der Waals surface area contributed by atoms with E-state index >= 15 is 0 Å². The summed E-state index contributed by atoms with van der Waals surface area (Å²) in [5.74, 6) is 1.64. The van der Waals surface area contributed by atoms with E-state index in [1.807, 2.05) is 68.4 Å².